The minimum atomic E-state index is -3.74. The van der Waals surface area contributed by atoms with Gasteiger partial charge in [0.05, 0.1) is 30.7 Å². The molecule has 4 rings (SSSR count). The SMILES string of the molecule is CCC(=O)c1c(-c2ccc(F)cc2)oc2cc(N(CCO)S(C)(=O)=O)c(-c3ccccc3)cc12. The van der Waals surface area contributed by atoms with Gasteiger partial charge in [-0.2, -0.15) is 0 Å². The number of rotatable bonds is 8. The van der Waals surface area contributed by atoms with E-state index in [0.29, 0.717) is 39.1 Å². The van der Waals surface area contributed by atoms with E-state index in [-0.39, 0.29) is 25.4 Å². The number of Topliss-reactive ketones (excluding diaryl/α,β-unsaturated/α-hetero) is 1. The summed E-state index contributed by atoms with van der Waals surface area (Å²) in [7, 11) is -3.74. The summed E-state index contributed by atoms with van der Waals surface area (Å²) in [5.74, 6) is -0.268. The Morgan fingerprint density at radius 1 is 1.03 bits per heavy atom. The van der Waals surface area contributed by atoms with Gasteiger partial charge in [0.2, 0.25) is 10.0 Å². The summed E-state index contributed by atoms with van der Waals surface area (Å²) in [5.41, 5.74) is 2.85. The van der Waals surface area contributed by atoms with Crippen LogP contribution in [0.25, 0.3) is 33.4 Å². The smallest absolute Gasteiger partial charge is 0.232 e. The second-order valence-electron chi connectivity index (χ2n) is 7.88. The van der Waals surface area contributed by atoms with Crippen LogP contribution < -0.4 is 4.31 Å². The fourth-order valence-electron chi connectivity index (χ4n) is 4.00. The highest BCUT2D eigenvalue weighted by Gasteiger charge is 2.26. The van der Waals surface area contributed by atoms with Gasteiger partial charge in [-0.05, 0) is 35.9 Å². The van der Waals surface area contributed by atoms with E-state index in [1.807, 2.05) is 30.3 Å². The van der Waals surface area contributed by atoms with Crippen LogP contribution in [0.15, 0.2) is 71.1 Å². The first kappa shape index (κ1) is 23.7. The Hall–Kier alpha value is -3.49. The lowest BCUT2D eigenvalue weighted by Crippen LogP contribution is -2.33. The Balaban J connectivity index is 2.08. The van der Waals surface area contributed by atoms with E-state index in [1.165, 1.54) is 24.3 Å². The van der Waals surface area contributed by atoms with Crippen LogP contribution >= 0.6 is 0 Å². The molecule has 1 heterocycles. The number of hydrogen-bond acceptors (Lipinski definition) is 5. The van der Waals surface area contributed by atoms with Crippen molar-refractivity contribution in [2.24, 2.45) is 0 Å². The zero-order chi connectivity index (χ0) is 24.5. The van der Waals surface area contributed by atoms with Crippen molar-refractivity contribution in [1.29, 1.82) is 0 Å². The summed E-state index contributed by atoms with van der Waals surface area (Å²) < 4.78 is 46.0. The maximum Gasteiger partial charge on any atom is 0.232 e. The number of aliphatic hydroxyl groups is 1. The number of fused-ring (bicyclic) bond motifs is 1. The van der Waals surface area contributed by atoms with Gasteiger partial charge in [-0.25, -0.2) is 12.8 Å². The van der Waals surface area contributed by atoms with Crippen molar-refractivity contribution in [2.75, 3.05) is 23.7 Å². The van der Waals surface area contributed by atoms with Crippen LogP contribution in [-0.4, -0.2) is 38.7 Å². The zero-order valence-electron chi connectivity index (χ0n) is 18.8. The number of aliphatic hydroxyl groups excluding tert-OH is 1. The van der Waals surface area contributed by atoms with E-state index in [0.717, 1.165) is 16.1 Å². The predicted molar refractivity (Wildman–Crippen MR) is 131 cm³/mol. The fraction of sp³-hybridized carbons (Fsp3) is 0.192. The molecule has 0 fully saturated rings. The Morgan fingerprint density at radius 3 is 2.29 bits per heavy atom. The minimum Gasteiger partial charge on any atom is -0.455 e. The quantitative estimate of drug-likeness (QED) is 0.347. The van der Waals surface area contributed by atoms with Crippen molar-refractivity contribution in [1.82, 2.24) is 0 Å². The Morgan fingerprint density at radius 2 is 1.71 bits per heavy atom. The van der Waals surface area contributed by atoms with Crippen molar-refractivity contribution in [3.05, 3.63) is 78.1 Å². The van der Waals surface area contributed by atoms with Crippen molar-refractivity contribution in [2.45, 2.75) is 13.3 Å². The first-order chi connectivity index (χ1) is 16.2. The lowest BCUT2D eigenvalue weighted by Gasteiger charge is -2.24. The van der Waals surface area contributed by atoms with Gasteiger partial charge in [-0.3, -0.25) is 9.10 Å². The molecule has 0 aliphatic rings. The van der Waals surface area contributed by atoms with Gasteiger partial charge in [0, 0.05) is 29.0 Å². The van der Waals surface area contributed by atoms with E-state index in [4.69, 9.17) is 4.42 Å². The molecular weight excluding hydrogens is 457 g/mol. The molecule has 3 aromatic carbocycles. The van der Waals surface area contributed by atoms with Crippen molar-refractivity contribution >= 4 is 32.5 Å². The highest BCUT2D eigenvalue weighted by molar-refractivity contribution is 7.92. The van der Waals surface area contributed by atoms with Gasteiger partial charge >= 0.3 is 0 Å². The van der Waals surface area contributed by atoms with Crippen LogP contribution in [0.5, 0.6) is 0 Å². The van der Waals surface area contributed by atoms with Gasteiger partial charge in [-0.1, -0.05) is 37.3 Å². The molecule has 34 heavy (non-hydrogen) atoms. The predicted octanol–water partition coefficient (Wildman–Crippen LogP) is 5.26. The van der Waals surface area contributed by atoms with Crippen molar-refractivity contribution < 1.29 is 27.1 Å². The molecule has 0 amide bonds. The van der Waals surface area contributed by atoms with E-state index in [9.17, 15) is 22.7 Å². The number of carbonyl (C=O) groups excluding carboxylic acids is 1. The summed E-state index contributed by atoms with van der Waals surface area (Å²) >= 11 is 0. The topological polar surface area (TPSA) is 87.8 Å². The second kappa shape index (κ2) is 9.40. The van der Waals surface area contributed by atoms with Crippen LogP contribution in [0.2, 0.25) is 0 Å². The lowest BCUT2D eigenvalue weighted by atomic mass is 9.96. The van der Waals surface area contributed by atoms with Gasteiger partial charge in [-0.15, -0.1) is 0 Å². The van der Waals surface area contributed by atoms with Gasteiger partial charge in [0.15, 0.2) is 5.78 Å². The highest BCUT2D eigenvalue weighted by Crippen LogP contribution is 2.41. The second-order valence-corrected chi connectivity index (χ2v) is 9.79. The number of furan rings is 1. The number of sulfonamides is 1. The minimum absolute atomic E-state index is 0.142. The molecule has 8 heteroatoms. The third-order valence-corrected chi connectivity index (χ3v) is 6.75. The van der Waals surface area contributed by atoms with Crippen molar-refractivity contribution in [3.63, 3.8) is 0 Å². The third kappa shape index (κ3) is 4.47. The number of carbonyl (C=O) groups is 1. The number of benzene rings is 3. The molecular formula is C26H24FNO5S. The molecule has 4 aromatic rings. The van der Waals surface area contributed by atoms with E-state index >= 15 is 0 Å². The van der Waals surface area contributed by atoms with Crippen LogP contribution in [-0.2, 0) is 10.0 Å². The first-order valence-electron chi connectivity index (χ1n) is 10.8. The molecule has 1 N–H and O–H groups in total. The Bertz CT molecular complexity index is 1440. The maximum absolute atomic E-state index is 13.5. The number of nitrogens with zero attached hydrogens (tertiary/aromatic N) is 1. The fourth-order valence-corrected chi connectivity index (χ4v) is 4.92. The Kier molecular flexibility index (Phi) is 6.54. The van der Waals surface area contributed by atoms with Crippen LogP contribution in [0.1, 0.15) is 23.7 Å². The largest absolute Gasteiger partial charge is 0.455 e. The molecule has 0 spiro atoms. The van der Waals surface area contributed by atoms with Crippen LogP contribution in [0.4, 0.5) is 10.1 Å². The van der Waals surface area contributed by atoms with E-state index in [2.05, 4.69) is 0 Å². The molecule has 0 aliphatic carbocycles. The molecule has 0 bridgehead atoms. The number of hydrogen-bond donors (Lipinski definition) is 1. The average Bonchev–Trinajstić information content (AvgIpc) is 3.20. The van der Waals surface area contributed by atoms with Gasteiger partial charge < -0.3 is 9.52 Å². The molecule has 6 nitrogen and oxygen atoms in total. The summed E-state index contributed by atoms with van der Waals surface area (Å²) in [4.78, 5) is 13.0. The third-order valence-electron chi connectivity index (χ3n) is 5.57. The lowest BCUT2D eigenvalue weighted by molar-refractivity contribution is 0.0989. The molecule has 0 saturated heterocycles. The first-order valence-corrected chi connectivity index (χ1v) is 12.6. The van der Waals surface area contributed by atoms with Crippen molar-refractivity contribution in [3.8, 4) is 22.5 Å². The highest BCUT2D eigenvalue weighted by atomic mass is 32.2. The Labute approximate surface area is 197 Å². The summed E-state index contributed by atoms with van der Waals surface area (Å²) in [5, 5.41) is 10.1. The normalized spacial score (nSPS) is 11.6. The average molecular weight is 482 g/mol. The number of ketones is 1. The molecule has 1 aromatic heterocycles. The monoisotopic (exact) mass is 481 g/mol. The summed E-state index contributed by atoms with van der Waals surface area (Å²) in [6, 6.07) is 18.2. The summed E-state index contributed by atoms with van der Waals surface area (Å²) in [6.45, 7) is 1.23. The molecule has 0 atom stereocenters. The van der Waals surface area contributed by atoms with Gasteiger partial charge in [0.25, 0.3) is 0 Å². The molecule has 0 radical (unpaired) electrons. The molecule has 0 unspecified atom stereocenters. The van der Waals surface area contributed by atoms with Crippen LogP contribution in [0.3, 0.4) is 0 Å². The van der Waals surface area contributed by atoms with E-state index in [1.54, 1.807) is 19.1 Å². The maximum atomic E-state index is 13.5. The zero-order valence-corrected chi connectivity index (χ0v) is 19.6. The van der Waals surface area contributed by atoms with E-state index < -0.39 is 15.8 Å². The van der Waals surface area contributed by atoms with Crippen LogP contribution in [0, 0.1) is 5.82 Å². The number of halogens is 1. The van der Waals surface area contributed by atoms with Gasteiger partial charge in [0.1, 0.15) is 17.2 Å². The standard InChI is InChI=1S/C26H24FNO5S/c1-3-23(30)25-21-15-20(17-7-5-4-6-8-17)22(28(13-14-29)34(2,31)32)16-24(21)33-26(25)18-9-11-19(27)12-10-18/h4-12,15-16,29H,3,13-14H2,1-2H3. The molecule has 0 saturated carbocycles. The molecule has 0 aliphatic heterocycles. The number of anilines is 1. The molecule has 176 valence electrons. The summed E-state index contributed by atoms with van der Waals surface area (Å²) in [6.07, 6.45) is 1.30.